The fourth-order valence-corrected chi connectivity index (χ4v) is 4.71. The zero-order valence-corrected chi connectivity index (χ0v) is 20.3. The van der Waals surface area contributed by atoms with E-state index in [0.717, 1.165) is 40.3 Å². The molecule has 1 N–H and O–H groups in total. The van der Waals surface area contributed by atoms with Crippen molar-refractivity contribution in [2.45, 2.75) is 38.3 Å². The van der Waals surface area contributed by atoms with Crippen molar-refractivity contribution in [3.8, 4) is 5.75 Å². The third-order valence-corrected chi connectivity index (χ3v) is 6.59. The topological polar surface area (TPSA) is 66.8 Å². The molecule has 0 radical (unpaired) electrons. The number of carbonyl (C=O) groups is 2. The van der Waals surface area contributed by atoms with Gasteiger partial charge in [0.25, 0.3) is 5.91 Å². The number of benzene rings is 3. The van der Waals surface area contributed by atoms with E-state index in [9.17, 15) is 14.7 Å². The second-order valence-corrected chi connectivity index (χ2v) is 9.67. The van der Waals surface area contributed by atoms with Gasteiger partial charge in [0.15, 0.2) is 0 Å². The molecular weight excluding hydrogens is 473 g/mol. The highest BCUT2D eigenvalue weighted by molar-refractivity contribution is 6.31. The predicted octanol–water partition coefficient (Wildman–Crippen LogP) is 6.05. The van der Waals surface area contributed by atoms with Crippen LogP contribution in [0.15, 0.2) is 66.7 Å². The highest BCUT2D eigenvalue weighted by Gasteiger charge is 2.33. The lowest BCUT2D eigenvalue weighted by Gasteiger charge is -2.36. The molecule has 1 atom stereocenters. The van der Waals surface area contributed by atoms with Crippen LogP contribution in [0.1, 0.15) is 40.4 Å². The Balaban J connectivity index is 1.53. The second kappa shape index (κ2) is 10.1. The lowest BCUT2D eigenvalue weighted by atomic mass is 9.86. The summed E-state index contributed by atoms with van der Waals surface area (Å²) >= 11 is 12.4. The van der Waals surface area contributed by atoms with Gasteiger partial charge in [-0.05, 0) is 72.9 Å². The summed E-state index contributed by atoms with van der Waals surface area (Å²) in [6, 6.07) is 20.1. The molecular formula is C27H25Cl2NO4. The van der Waals surface area contributed by atoms with E-state index in [4.69, 9.17) is 27.9 Å². The van der Waals surface area contributed by atoms with Crippen LogP contribution in [0.2, 0.25) is 10.0 Å². The zero-order valence-electron chi connectivity index (χ0n) is 18.8. The summed E-state index contributed by atoms with van der Waals surface area (Å²) in [5.74, 6) is -0.696. The number of hydrogen-bond donors (Lipinski definition) is 1. The third kappa shape index (κ3) is 5.72. The molecule has 176 valence electrons. The maximum Gasteiger partial charge on any atom is 0.323 e. The van der Waals surface area contributed by atoms with Crippen LogP contribution in [0, 0.1) is 0 Å². The standard InChI is InChI=1S/C27H25Cl2NO4/c1-27(15-21-6-2-3-8-23(21)29)12-11-19-14-20(9-10-24(19)34-27)26(33)30(17-25(31)32)16-18-5-4-7-22(28)13-18/h2-10,13-14H,11-12,15-17H2,1H3,(H,31,32)/t27-/m0/s1. The van der Waals surface area contributed by atoms with Crippen molar-refractivity contribution in [3.05, 3.63) is 99.0 Å². The number of carboxylic acid groups (broad SMARTS) is 1. The molecule has 34 heavy (non-hydrogen) atoms. The minimum atomic E-state index is -1.08. The van der Waals surface area contributed by atoms with Crippen molar-refractivity contribution >= 4 is 35.1 Å². The molecule has 0 saturated carbocycles. The molecule has 3 aromatic carbocycles. The van der Waals surface area contributed by atoms with Crippen LogP contribution >= 0.6 is 23.2 Å². The fourth-order valence-electron chi connectivity index (χ4n) is 4.29. The van der Waals surface area contributed by atoms with E-state index in [0.29, 0.717) is 17.0 Å². The Hall–Kier alpha value is -3.02. The van der Waals surface area contributed by atoms with Gasteiger partial charge in [0.1, 0.15) is 17.9 Å². The number of aliphatic carboxylic acids is 1. The van der Waals surface area contributed by atoms with Crippen LogP contribution in [0.4, 0.5) is 0 Å². The molecule has 0 unspecified atom stereocenters. The van der Waals surface area contributed by atoms with Crippen LogP contribution < -0.4 is 4.74 Å². The lowest BCUT2D eigenvalue weighted by Crippen LogP contribution is -2.39. The summed E-state index contributed by atoms with van der Waals surface area (Å²) < 4.78 is 6.35. The lowest BCUT2D eigenvalue weighted by molar-refractivity contribution is -0.137. The molecule has 0 saturated heterocycles. The number of aryl methyl sites for hydroxylation is 1. The molecule has 1 aliphatic heterocycles. The average molecular weight is 498 g/mol. The maximum atomic E-state index is 13.2. The molecule has 1 aliphatic rings. The normalized spacial score (nSPS) is 16.9. The smallest absolute Gasteiger partial charge is 0.323 e. The minimum Gasteiger partial charge on any atom is -0.487 e. The van der Waals surface area contributed by atoms with E-state index in [-0.39, 0.29) is 12.5 Å². The maximum absolute atomic E-state index is 13.2. The largest absolute Gasteiger partial charge is 0.487 e. The Morgan fingerprint density at radius 3 is 2.59 bits per heavy atom. The van der Waals surface area contributed by atoms with Crippen molar-refractivity contribution in [1.82, 2.24) is 4.90 Å². The predicted molar refractivity (Wildman–Crippen MR) is 133 cm³/mol. The first-order valence-corrected chi connectivity index (χ1v) is 11.8. The number of halogens is 2. The average Bonchev–Trinajstić information content (AvgIpc) is 2.79. The molecule has 7 heteroatoms. The van der Waals surface area contributed by atoms with Crippen LogP contribution in [-0.4, -0.2) is 34.0 Å². The van der Waals surface area contributed by atoms with Gasteiger partial charge in [-0.2, -0.15) is 0 Å². The van der Waals surface area contributed by atoms with Gasteiger partial charge in [-0.15, -0.1) is 0 Å². The molecule has 1 heterocycles. The monoisotopic (exact) mass is 497 g/mol. The number of fused-ring (bicyclic) bond motifs is 1. The number of nitrogens with zero attached hydrogens (tertiary/aromatic N) is 1. The SMILES string of the molecule is C[C@@]1(Cc2ccccc2Cl)CCc2cc(C(=O)N(CC(=O)O)Cc3cccc(Cl)c3)ccc2O1. The zero-order chi connectivity index (χ0) is 24.3. The fraction of sp³-hybridized carbons (Fsp3) is 0.259. The van der Waals surface area contributed by atoms with Crippen molar-refractivity contribution in [2.24, 2.45) is 0 Å². The van der Waals surface area contributed by atoms with Crippen molar-refractivity contribution in [3.63, 3.8) is 0 Å². The van der Waals surface area contributed by atoms with Gasteiger partial charge in [0.2, 0.25) is 0 Å². The summed E-state index contributed by atoms with van der Waals surface area (Å²) in [5, 5.41) is 10.6. The number of rotatable bonds is 7. The molecule has 1 amide bonds. The molecule has 0 aliphatic carbocycles. The van der Waals surface area contributed by atoms with Crippen LogP contribution in [0.5, 0.6) is 5.75 Å². The molecule has 3 aromatic rings. The van der Waals surface area contributed by atoms with Crippen LogP contribution in [-0.2, 0) is 24.2 Å². The van der Waals surface area contributed by atoms with Gasteiger partial charge in [-0.3, -0.25) is 9.59 Å². The quantitative estimate of drug-likeness (QED) is 0.431. The molecule has 0 bridgehead atoms. The van der Waals surface area contributed by atoms with Crippen molar-refractivity contribution in [2.75, 3.05) is 6.54 Å². The van der Waals surface area contributed by atoms with Gasteiger partial charge in [-0.1, -0.05) is 53.5 Å². The van der Waals surface area contributed by atoms with Crippen molar-refractivity contribution < 1.29 is 19.4 Å². The minimum absolute atomic E-state index is 0.148. The van der Waals surface area contributed by atoms with E-state index >= 15 is 0 Å². The Labute approximate surface area is 208 Å². The number of hydrogen-bond acceptors (Lipinski definition) is 3. The highest BCUT2D eigenvalue weighted by Crippen LogP contribution is 2.37. The first-order valence-electron chi connectivity index (χ1n) is 11.0. The Morgan fingerprint density at radius 1 is 1.06 bits per heavy atom. The van der Waals surface area contributed by atoms with Gasteiger partial charge in [0, 0.05) is 28.6 Å². The van der Waals surface area contributed by atoms with Gasteiger partial charge < -0.3 is 14.7 Å². The molecule has 0 fully saturated rings. The van der Waals surface area contributed by atoms with E-state index in [1.807, 2.05) is 30.3 Å². The summed E-state index contributed by atoms with van der Waals surface area (Å²) in [5.41, 5.74) is 2.75. The Bertz CT molecular complexity index is 1230. The molecule has 0 aromatic heterocycles. The Morgan fingerprint density at radius 2 is 1.85 bits per heavy atom. The number of carboxylic acids is 1. The second-order valence-electron chi connectivity index (χ2n) is 8.83. The number of ether oxygens (including phenoxy) is 1. The van der Waals surface area contributed by atoms with E-state index in [2.05, 4.69) is 6.92 Å². The molecule has 4 rings (SSSR count). The highest BCUT2D eigenvalue weighted by atomic mass is 35.5. The molecule has 0 spiro atoms. The van der Waals surface area contributed by atoms with Crippen LogP contribution in [0.25, 0.3) is 0 Å². The van der Waals surface area contributed by atoms with E-state index < -0.39 is 18.1 Å². The van der Waals surface area contributed by atoms with E-state index in [1.54, 1.807) is 36.4 Å². The van der Waals surface area contributed by atoms with Crippen molar-refractivity contribution in [1.29, 1.82) is 0 Å². The Kier molecular flexibility index (Phi) is 7.15. The summed E-state index contributed by atoms with van der Waals surface area (Å²) in [6.07, 6.45) is 2.19. The first-order chi connectivity index (χ1) is 16.2. The first kappa shape index (κ1) is 24.1. The van der Waals surface area contributed by atoms with Crippen LogP contribution in [0.3, 0.4) is 0 Å². The summed E-state index contributed by atoms with van der Waals surface area (Å²) in [7, 11) is 0. The van der Waals surface area contributed by atoms with Gasteiger partial charge in [0.05, 0.1) is 0 Å². The number of amides is 1. The number of carbonyl (C=O) groups excluding carboxylic acids is 1. The van der Waals surface area contributed by atoms with Gasteiger partial charge in [-0.25, -0.2) is 0 Å². The van der Waals surface area contributed by atoms with E-state index in [1.165, 1.54) is 4.90 Å². The van der Waals surface area contributed by atoms with Gasteiger partial charge >= 0.3 is 5.97 Å². The summed E-state index contributed by atoms with van der Waals surface area (Å²) in [6.45, 7) is 1.81. The summed E-state index contributed by atoms with van der Waals surface area (Å²) in [4.78, 5) is 26.0. The molecule has 5 nitrogen and oxygen atoms in total. The third-order valence-electron chi connectivity index (χ3n) is 5.99.